The van der Waals surface area contributed by atoms with Crippen molar-refractivity contribution in [2.75, 3.05) is 0 Å². The lowest BCUT2D eigenvalue weighted by atomic mass is 9.84. The Morgan fingerprint density at radius 2 is 1.39 bits per heavy atom. The van der Waals surface area contributed by atoms with Gasteiger partial charge >= 0.3 is 0 Å². The summed E-state index contributed by atoms with van der Waals surface area (Å²) >= 11 is 51.0. The highest BCUT2D eigenvalue weighted by molar-refractivity contribution is 6.66. The van der Waals surface area contributed by atoms with E-state index in [0.29, 0.717) is 6.42 Å². The molecule has 0 N–H and O–H groups in total. The fourth-order valence-electron chi connectivity index (χ4n) is 3.48. The van der Waals surface area contributed by atoms with Crippen LogP contribution in [0.4, 0.5) is 0 Å². The maximum atomic E-state index is 6.62. The summed E-state index contributed by atoms with van der Waals surface area (Å²) in [5.74, 6) is -0.488. The van der Waals surface area contributed by atoms with Crippen LogP contribution < -0.4 is 0 Å². The van der Waals surface area contributed by atoms with Crippen molar-refractivity contribution in [3.05, 3.63) is 10.1 Å². The van der Waals surface area contributed by atoms with Crippen molar-refractivity contribution >= 4 is 92.8 Å². The Morgan fingerprint density at radius 1 is 0.889 bits per heavy atom. The van der Waals surface area contributed by atoms with E-state index in [-0.39, 0.29) is 27.3 Å². The summed E-state index contributed by atoms with van der Waals surface area (Å²) in [4.78, 5) is -2.50. The lowest BCUT2D eigenvalue weighted by molar-refractivity contribution is 0.385. The average Bonchev–Trinajstić information content (AvgIpc) is 2.69. The Labute approximate surface area is 145 Å². The SMILES string of the molecule is ClC1=C(Cl)[C@]2(Cl)C3C(Cl)[C@@H](Cl)CC3[C@@]1(Cl)C2(Cl)Cl. The number of halogens is 8. The van der Waals surface area contributed by atoms with Gasteiger partial charge in [-0.25, -0.2) is 0 Å². The molecule has 0 amide bonds. The van der Waals surface area contributed by atoms with Crippen molar-refractivity contribution in [3.8, 4) is 0 Å². The molecule has 3 aliphatic carbocycles. The zero-order valence-electron chi connectivity index (χ0n) is 8.54. The summed E-state index contributed by atoms with van der Waals surface area (Å²) in [5.41, 5.74) is 0. The highest BCUT2D eigenvalue weighted by Crippen LogP contribution is 2.79. The Kier molecular flexibility index (Phi) is 3.39. The van der Waals surface area contributed by atoms with Crippen LogP contribution in [0.2, 0.25) is 0 Å². The smallest absolute Gasteiger partial charge is 0.121 e. The standard InChI is InChI=1S/C10H6Cl8/c11-3-1-2-4(5(3)12)9(16)7(14)6(13)8(2,15)10(9,17)18/h2-5H,1H2/t2?,3-,4?,5?,8-,9+/m0/s1. The van der Waals surface area contributed by atoms with Crippen LogP contribution in [-0.4, -0.2) is 24.8 Å². The maximum Gasteiger partial charge on any atom is 0.166 e. The monoisotopic (exact) mass is 406 g/mol. The molecular formula is C10H6Cl8. The van der Waals surface area contributed by atoms with E-state index in [1.165, 1.54) is 0 Å². The van der Waals surface area contributed by atoms with Gasteiger partial charge in [-0.2, -0.15) is 0 Å². The minimum atomic E-state index is -1.50. The molecule has 6 atom stereocenters. The first-order chi connectivity index (χ1) is 8.11. The first-order valence-electron chi connectivity index (χ1n) is 5.21. The van der Waals surface area contributed by atoms with Gasteiger partial charge in [-0.3, -0.25) is 0 Å². The molecule has 0 heterocycles. The van der Waals surface area contributed by atoms with Gasteiger partial charge in [0.1, 0.15) is 9.75 Å². The Balaban J connectivity index is 2.26. The van der Waals surface area contributed by atoms with Gasteiger partial charge in [0.15, 0.2) is 4.33 Å². The summed E-state index contributed by atoms with van der Waals surface area (Å²) in [6.07, 6.45) is 0.555. The third-order valence-corrected chi connectivity index (χ3v) is 9.79. The molecule has 8 heteroatoms. The van der Waals surface area contributed by atoms with Gasteiger partial charge in [0, 0.05) is 5.92 Å². The largest absolute Gasteiger partial charge is 0.166 e. The first-order valence-corrected chi connectivity index (χ1v) is 8.35. The minimum absolute atomic E-state index is 0.184. The van der Waals surface area contributed by atoms with Crippen LogP contribution in [-0.2, 0) is 0 Å². The second-order valence-electron chi connectivity index (χ2n) is 4.95. The molecule has 18 heavy (non-hydrogen) atoms. The lowest BCUT2D eigenvalue weighted by Crippen LogP contribution is -2.47. The zero-order chi connectivity index (χ0) is 13.7. The van der Waals surface area contributed by atoms with Crippen LogP contribution in [0.5, 0.6) is 0 Å². The number of hydrogen-bond donors (Lipinski definition) is 0. The summed E-state index contributed by atoms with van der Waals surface area (Å²) < 4.78 is -1.50. The van der Waals surface area contributed by atoms with Crippen LogP contribution in [0.3, 0.4) is 0 Å². The molecule has 102 valence electrons. The Bertz CT molecular complexity index is 459. The molecule has 0 saturated heterocycles. The van der Waals surface area contributed by atoms with Crippen molar-refractivity contribution in [3.63, 3.8) is 0 Å². The average molecular weight is 410 g/mol. The second kappa shape index (κ2) is 4.07. The molecule has 0 radical (unpaired) electrons. The van der Waals surface area contributed by atoms with E-state index in [4.69, 9.17) is 92.8 Å². The van der Waals surface area contributed by atoms with Crippen LogP contribution in [0.1, 0.15) is 6.42 Å². The number of allylic oxidation sites excluding steroid dienone is 2. The predicted molar refractivity (Wildman–Crippen MR) is 81.2 cm³/mol. The summed E-state index contributed by atoms with van der Waals surface area (Å²) in [5, 5.41) is -0.259. The molecule has 0 aliphatic heterocycles. The van der Waals surface area contributed by atoms with Crippen molar-refractivity contribution < 1.29 is 0 Å². The first kappa shape index (κ1) is 15.0. The summed E-state index contributed by atoms with van der Waals surface area (Å²) in [6, 6.07) is 0. The Hall–Kier alpha value is 2.06. The van der Waals surface area contributed by atoms with Gasteiger partial charge in [-0.05, 0) is 12.3 Å². The van der Waals surface area contributed by atoms with E-state index in [1.807, 2.05) is 0 Å². The van der Waals surface area contributed by atoms with Gasteiger partial charge in [0.05, 0.1) is 20.8 Å². The van der Waals surface area contributed by atoms with E-state index < -0.39 is 19.5 Å². The van der Waals surface area contributed by atoms with E-state index in [1.54, 1.807) is 0 Å². The number of hydrogen-bond acceptors (Lipinski definition) is 0. The van der Waals surface area contributed by atoms with Crippen LogP contribution in [0.25, 0.3) is 0 Å². The molecule has 0 aromatic carbocycles. The van der Waals surface area contributed by atoms with Crippen molar-refractivity contribution in [2.45, 2.75) is 31.3 Å². The fraction of sp³-hybridized carbons (Fsp3) is 0.800. The molecule has 2 bridgehead atoms. The van der Waals surface area contributed by atoms with E-state index >= 15 is 0 Å². The molecule has 0 aromatic heterocycles. The second-order valence-corrected chi connectivity index (χ2v) is 9.29. The quantitative estimate of drug-likeness (QED) is 0.451. The molecule has 0 spiro atoms. The van der Waals surface area contributed by atoms with Crippen molar-refractivity contribution in [2.24, 2.45) is 11.8 Å². The zero-order valence-corrected chi connectivity index (χ0v) is 14.6. The molecule has 2 saturated carbocycles. The molecule has 2 fully saturated rings. The van der Waals surface area contributed by atoms with Gasteiger partial charge in [0.25, 0.3) is 0 Å². The molecule has 0 aromatic rings. The van der Waals surface area contributed by atoms with Crippen LogP contribution >= 0.6 is 92.8 Å². The minimum Gasteiger partial charge on any atom is -0.121 e. The van der Waals surface area contributed by atoms with E-state index in [9.17, 15) is 0 Å². The molecule has 0 nitrogen and oxygen atoms in total. The normalized spacial score (nSPS) is 57.3. The number of alkyl halides is 6. The van der Waals surface area contributed by atoms with Crippen molar-refractivity contribution in [1.29, 1.82) is 0 Å². The Morgan fingerprint density at radius 3 is 1.94 bits per heavy atom. The number of rotatable bonds is 0. The van der Waals surface area contributed by atoms with Crippen LogP contribution in [0.15, 0.2) is 10.1 Å². The maximum absolute atomic E-state index is 6.62. The molecule has 3 aliphatic rings. The van der Waals surface area contributed by atoms with E-state index in [2.05, 4.69) is 0 Å². The third-order valence-electron chi connectivity index (χ3n) is 4.32. The summed E-state index contributed by atoms with van der Waals surface area (Å²) in [7, 11) is 0. The number of fused-ring (bicyclic) bond motifs is 5. The highest BCUT2D eigenvalue weighted by atomic mass is 35.5. The molecule has 3 rings (SSSR count). The topological polar surface area (TPSA) is 0 Å². The molecule has 3 unspecified atom stereocenters. The van der Waals surface area contributed by atoms with Gasteiger partial charge in [-0.15, -0.1) is 46.4 Å². The predicted octanol–water partition coefficient (Wildman–Crippen LogP) is 5.68. The van der Waals surface area contributed by atoms with Gasteiger partial charge in [-0.1, -0.05) is 46.4 Å². The van der Waals surface area contributed by atoms with Gasteiger partial charge < -0.3 is 0 Å². The van der Waals surface area contributed by atoms with Crippen molar-refractivity contribution in [1.82, 2.24) is 0 Å². The van der Waals surface area contributed by atoms with Crippen LogP contribution in [0, 0.1) is 11.8 Å². The van der Waals surface area contributed by atoms with Gasteiger partial charge in [0.2, 0.25) is 0 Å². The third kappa shape index (κ3) is 1.28. The van der Waals surface area contributed by atoms with E-state index in [0.717, 1.165) is 0 Å². The summed E-state index contributed by atoms with van der Waals surface area (Å²) in [6.45, 7) is 0. The highest BCUT2D eigenvalue weighted by Gasteiger charge is 2.84. The lowest BCUT2D eigenvalue weighted by Gasteiger charge is -2.35. The fourth-order valence-corrected chi connectivity index (χ4v) is 7.46. The molecular weight excluding hydrogens is 404 g/mol.